The maximum atomic E-state index is 14.5. The Morgan fingerprint density at radius 1 is 0.945 bits per heavy atom. The first-order valence-electron chi connectivity index (χ1n) is 18.1. The van der Waals surface area contributed by atoms with Gasteiger partial charge in [0.05, 0.1) is 31.0 Å². The number of carbonyl (C=O) groups is 2. The highest BCUT2D eigenvalue weighted by atomic mass is 35.5. The zero-order chi connectivity index (χ0) is 38.9. The van der Waals surface area contributed by atoms with E-state index in [1.807, 2.05) is 48.5 Å². The van der Waals surface area contributed by atoms with E-state index in [0.717, 1.165) is 47.1 Å². The predicted octanol–water partition coefficient (Wildman–Crippen LogP) is 6.32. The normalized spacial score (nSPS) is 18.5. The molecule has 1 saturated carbocycles. The molecule has 4 aromatic rings. The van der Waals surface area contributed by atoms with Crippen LogP contribution in [0.3, 0.4) is 0 Å². The molecule has 1 saturated heterocycles. The third kappa shape index (κ3) is 8.33. The van der Waals surface area contributed by atoms with E-state index in [9.17, 15) is 27.9 Å². The summed E-state index contributed by atoms with van der Waals surface area (Å²) in [6.07, 6.45) is -1.01. The van der Waals surface area contributed by atoms with Gasteiger partial charge in [-0.05, 0) is 60.8 Å². The molecule has 0 spiro atoms. The van der Waals surface area contributed by atoms with Crippen molar-refractivity contribution in [3.05, 3.63) is 81.6 Å². The van der Waals surface area contributed by atoms with Crippen LogP contribution >= 0.6 is 11.6 Å². The Bertz CT molecular complexity index is 2100. The standard InChI is InChI=1S/C39H41ClF3N7O5/c1-54-36-21(17-44-18-22-12-16-31(51)46-22)11-14-29(49-36)27-8-4-7-26(32(27)40)23-5-3-6-25-24(23)13-15-28(25)48-35-34(39(41,42)43)47-30(37(50-35)55-2)19-45-33(38(52)53)20-9-10-20/h3-8,11,14,20,22,28,33,44-45H,9-10,12-13,15-19H2,1-2H3,(H,46,51)(H,48,50)(H,52,53)/t22-,28-,33-/m0/s1. The number of nitrogens with one attached hydrogen (secondary N) is 4. The summed E-state index contributed by atoms with van der Waals surface area (Å²) in [6.45, 7) is 0.877. The molecule has 5 N–H and O–H groups in total. The van der Waals surface area contributed by atoms with Crippen molar-refractivity contribution < 1.29 is 37.3 Å². The van der Waals surface area contributed by atoms with E-state index in [-0.39, 0.29) is 36.0 Å². The summed E-state index contributed by atoms with van der Waals surface area (Å²) in [6, 6.07) is 13.8. The second-order valence-corrected chi connectivity index (χ2v) is 14.4. The lowest BCUT2D eigenvalue weighted by Gasteiger charge is -2.21. The number of hydrogen-bond donors (Lipinski definition) is 5. The minimum absolute atomic E-state index is 0.0656. The van der Waals surface area contributed by atoms with Gasteiger partial charge in [0.25, 0.3) is 0 Å². The fraction of sp³-hybridized carbons (Fsp3) is 0.410. The number of nitrogens with zero attached hydrogens (tertiary/aromatic N) is 3. The van der Waals surface area contributed by atoms with Gasteiger partial charge in [-0.2, -0.15) is 18.2 Å². The van der Waals surface area contributed by atoms with Crippen molar-refractivity contribution >= 4 is 29.3 Å². The molecule has 0 unspecified atom stereocenters. The number of pyridine rings is 1. The van der Waals surface area contributed by atoms with E-state index < -0.39 is 35.7 Å². The van der Waals surface area contributed by atoms with Gasteiger partial charge in [0.2, 0.25) is 17.7 Å². The highest BCUT2D eigenvalue weighted by molar-refractivity contribution is 6.36. The number of carboxylic acid groups (broad SMARTS) is 1. The molecule has 290 valence electrons. The first-order valence-corrected chi connectivity index (χ1v) is 18.5. The van der Waals surface area contributed by atoms with Gasteiger partial charge in [-0.25, -0.2) is 9.97 Å². The number of hydrogen-bond acceptors (Lipinski definition) is 10. The number of aliphatic carboxylic acids is 1. The molecule has 1 amide bonds. The second-order valence-electron chi connectivity index (χ2n) is 14.0. The van der Waals surface area contributed by atoms with Gasteiger partial charge >= 0.3 is 12.1 Å². The van der Waals surface area contributed by atoms with E-state index in [0.29, 0.717) is 54.5 Å². The summed E-state index contributed by atoms with van der Waals surface area (Å²) in [5, 5.41) is 22.2. The monoisotopic (exact) mass is 779 g/mol. The van der Waals surface area contributed by atoms with Crippen LogP contribution in [0, 0.1) is 5.92 Å². The Hall–Kier alpha value is -4.99. The number of ether oxygens (including phenoxy) is 2. The zero-order valence-electron chi connectivity index (χ0n) is 30.2. The topological polar surface area (TPSA) is 160 Å². The van der Waals surface area contributed by atoms with E-state index in [2.05, 4.69) is 31.2 Å². The van der Waals surface area contributed by atoms with Crippen LogP contribution in [0.15, 0.2) is 48.5 Å². The molecule has 3 atom stereocenters. The minimum atomic E-state index is -4.85. The third-order valence-corrected chi connectivity index (χ3v) is 10.7. The van der Waals surface area contributed by atoms with Gasteiger partial charge in [-0.15, -0.1) is 0 Å². The van der Waals surface area contributed by atoms with Gasteiger partial charge in [-0.3, -0.25) is 14.9 Å². The van der Waals surface area contributed by atoms with Gasteiger partial charge < -0.3 is 30.5 Å². The largest absolute Gasteiger partial charge is 0.481 e. The van der Waals surface area contributed by atoms with Gasteiger partial charge in [0.1, 0.15) is 11.7 Å². The number of halogens is 4. The molecule has 0 radical (unpaired) electrons. The molecule has 3 aliphatic rings. The van der Waals surface area contributed by atoms with Gasteiger partial charge in [0, 0.05) is 48.8 Å². The number of rotatable bonds is 15. The lowest BCUT2D eigenvalue weighted by Crippen LogP contribution is -2.38. The Balaban J connectivity index is 1.12. The first kappa shape index (κ1) is 38.3. The van der Waals surface area contributed by atoms with E-state index in [1.165, 1.54) is 7.11 Å². The van der Waals surface area contributed by atoms with Gasteiger partial charge in [0.15, 0.2) is 11.5 Å². The number of aromatic nitrogens is 3. The maximum absolute atomic E-state index is 14.5. The van der Waals surface area contributed by atoms with Gasteiger partial charge in [-0.1, -0.05) is 54.1 Å². The van der Waals surface area contributed by atoms with Crippen LogP contribution in [-0.4, -0.2) is 64.8 Å². The summed E-state index contributed by atoms with van der Waals surface area (Å²) in [4.78, 5) is 36.1. The number of anilines is 1. The highest BCUT2D eigenvalue weighted by Gasteiger charge is 2.40. The van der Waals surface area contributed by atoms with Crippen molar-refractivity contribution in [2.75, 3.05) is 26.1 Å². The SMILES string of the molecule is COc1nc(-c2cccc(-c3cccc4c3CC[C@@H]4Nc3nc(OC)c(CN[C@H](C(=O)O)C4CC4)nc3C(F)(F)F)c2Cl)ccc1CNC[C@@H]1CCC(=O)N1. The number of methoxy groups -OCH3 is 2. The third-order valence-electron chi connectivity index (χ3n) is 10.3. The Morgan fingerprint density at radius 2 is 1.69 bits per heavy atom. The maximum Gasteiger partial charge on any atom is 0.437 e. The summed E-state index contributed by atoms with van der Waals surface area (Å²) in [5.41, 5.74) is 4.16. The molecular formula is C39H41ClF3N7O5. The molecule has 2 aromatic carbocycles. The van der Waals surface area contributed by atoms with E-state index >= 15 is 0 Å². The number of amides is 1. The lowest BCUT2D eigenvalue weighted by atomic mass is 9.94. The fourth-order valence-electron chi connectivity index (χ4n) is 7.42. The van der Waals surface area contributed by atoms with Crippen LogP contribution in [0.5, 0.6) is 11.8 Å². The van der Waals surface area contributed by atoms with Crippen molar-refractivity contribution in [2.24, 2.45) is 5.92 Å². The molecule has 7 rings (SSSR count). The van der Waals surface area contributed by atoms with Crippen LogP contribution in [0.2, 0.25) is 5.02 Å². The first-order chi connectivity index (χ1) is 26.4. The second kappa shape index (κ2) is 16.0. The fourth-order valence-corrected chi connectivity index (χ4v) is 7.75. The summed E-state index contributed by atoms with van der Waals surface area (Å²) >= 11 is 7.11. The zero-order valence-corrected chi connectivity index (χ0v) is 31.0. The molecule has 2 fully saturated rings. The number of fused-ring (bicyclic) bond motifs is 1. The molecule has 12 nitrogen and oxygen atoms in total. The smallest absolute Gasteiger partial charge is 0.437 e. The van der Waals surface area contributed by atoms with Crippen molar-refractivity contribution in [1.29, 1.82) is 0 Å². The van der Waals surface area contributed by atoms with E-state index in [4.69, 9.17) is 26.1 Å². The summed E-state index contributed by atoms with van der Waals surface area (Å²) < 4.78 is 54.4. The Kier molecular flexibility index (Phi) is 11.1. The Morgan fingerprint density at radius 3 is 2.38 bits per heavy atom. The van der Waals surface area contributed by atoms with Crippen LogP contribution in [0.4, 0.5) is 19.0 Å². The molecule has 55 heavy (non-hydrogen) atoms. The van der Waals surface area contributed by atoms with Crippen molar-refractivity contribution in [3.8, 4) is 34.1 Å². The average Bonchev–Trinajstić information content (AvgIpc) is 3.78. The molecule has 16 heteroatoms. The number of benzene rings is 2. The van der Waals surface area contributed by atoms with Crippen LogP contribution in [0.25, 0.3) is 22.4 Å². The lowest BCUT2D eigenvalue weighted by molar-refractivity contribution is -0.141. The highest BCUT2D eigenvalue weighted by Crippen LogP contribution is 2.45. The minimum Gasteiger partial charge on any atom is -0.481 e. The predicted molar refractivity (Wildman–Crippen MR) is 199 cm³/mol. The molecule has 0 bridgehead atoms. The quantitative estimate of drug-likeness (QED) is 0.0920. The van der Waals surface area contributed by atoms with Crippen molar-refractivity contribution in [2.45, 2.75) is 75.9 Å². The van der Waals surface area contributed by atoms with E-state index in [1.54, 1.807) is 7.11 Å². The molecule has 3 heterocycles. The molecule has 2 aromatic heterocycles. The number of carboxylic acids is 1. The summed E-state index contributed by atoms with van der Waals surface area (Å²) in [7, 11) is 2.84. The van der Waals surface area contributed by atoms with Crippen LogP contribution in [0.1, 0.15) is 66.2 Å². The summed E-state index contributed by atoms with van der Waals surface area (Å²) in [5.74, 6) is -1.25. The average molecular weight is 780 g/mol. The Labute approximate surface area is 320 Å². The molecular weight excluding hydrogens is 739 g/mol. The number of alkyl halides is 3. The molecule has 2 aliphatic carbocycles. The van der Waals surface area contributed by atoms with Crippen LogP contribution in [-0.2, 0) is 35.3 Å². The van der Waals surface area contributed by atoms with Crippen LogP contribution < -0.4 is 30.7 Å². The van der Waals surface area contributed by atoms with Crippen molar-refractivity contribution in [1.82, 2.24) is 30.9 Å². The number of carbonyl (C=O) groups excluding carboxylic acids is 1. The molecule has 1 aliphatic heterocycles. The van der Waals surface area contributed by atoms with Crippen molar-refractivity contribution in [3.63, 3.8) is 0 Å².